The van der Waals surface area contributed by atoms with E-state index in [9.17, 15) is 9.67 Å². The summed E-state index contributed by atoms with van der Waals surface area (Å²) in [6.45, 7) is 10.2. The highest BCUT2D eigenvalue weighted by molar-refractivity contribution is 7.46. The number of ether oxygens (including phenoxy) is 1. The van der Waals surface area contributed by atoms with Gasteiger partial charge in [-0.05, 0) is 27.7 Å². The van der Waals surface area contributed by atoms with Crippen LogP contribution in [0.25, 0.3) is 0 Å². The molecule has 0 aromatic rings. The van der Waals surface area contributed by atoms with E-state index in [0.29, 0.717) is 0 Å². The second-order valence-corrected chi connectivity index (χ2v) is 7.54. The quantitative estimate of drug-likeness (QED) is 0.678. The topological polar surface area (TPSA) is 96.2 Å². The molecule has 108 valence electrons. The van der Waals surface area contributed by atoms with Crippen molar-refractivity contribution in [1.29, 1.82) is 0 Å². The monoisotopic (exact) mass is 282 g/mol. The summed E-state index contributed by atoms with van der Waals surface area (Å²) < 4.78 is 21.2. The van der Waals surface area contributed by atoms with E-state index in [1.54, 1.807) is 13.8 Å². The summed E-state index contributed by atoms with van der Waals surface area (Å²) in [6.07, 6.45) is 0. The lowest BCUT2D eigenvalue weighted by atomic mass is 9.64. The van der Waals surface area contributed by atoms with Crippen LogP contribution < -0.4 is 0 Å². The highest BCUT2D eigenvalue weighted by Gasteiger charge is 2.68. The first-order valence-corrected chi connectivity index (χ1v) is 7.32. The van der Waals surface area contributed by atoms with E-state index < -0.39 is 30.0 Å². The summed E-state index contributed by atoms with van der Waals surface area (Å²) in [5, 5.41) is 10.7. The van der Waals surface area contributed by atoms with Gasteiger partial charge in [0.2, 0.25) is 0 Å². The Kier molecular flexibility index (Phi) is 3.58. The summed E-state index contributed by atoms with van der Waals surface area (Å²) in [5.74, 6) is 0. The van der Waals surface area contributed by atoms with Crippen LogP contribution in [0.4, 0.5) is 0 Å². The van der Waals surface area contributed by atoms with Gasteiger partial charge >= 0.3 is 7.82 Å². The Bertz CT molecular complexity index is 383. The Morgan fingerprint density at radius 3 is 1.83 bits per heavy atom. The molecule has 1 heterocycles. The largest absolute Gasteiger partial charge is 0.469 e. The van der Waals surface area contributed by atoms with Crippen LogP contribution in [-0.2, 0) is 13.8 Å². The fourth-order valence-corrected chi connectivity index (χ4v) is 2.83. The first kappa shape index (κ1) is 16.1. The molecule has 0 aromatic heterocycles. The average Bonchev–Trinajstić information content (AvgIpc) is 2.19. The van der Waals surface area contributed by atoms with Crippen LogP contribution in [0, 0.1) is 5.41 Å². The van der Waals surface area contributed by atoms with Crippen LogP contribution in [-0.4, -0.2) is 38.3 Å². The number of hydrogen-bond acceptors (Lipinski definition) is 4. The van der Waals surface area contributed by atoms with Crippen molar-refractivity contribution >= 4 is 7.82 Å². The molecule has 0 aliphatic carbocycles. The molecule has 0 unspecified atom stereocenters. The molecule has 18 heavy (non-hydrogen) atoms. The Morgan fingerprint density at radius 1 is 1.11 bits per heavy atom. The predicted octanol–water partition coefficient (Wildman–Crippen LogP) is 1.44. The molecule has 0 saturated carbocycles. The number of hydrogen-bond donors (Lipinski definition) is 3. The van der Waals surface area contributed by atoms with Crippen molar-refractivity contribution in [2.45, 2.75) is 58.3 Å². The zero-order valence-corrected chi connectivity index (χ0v) is 12.6. The molecule has 0 bridgehead atoms. The molecule has 7 heteroatoms. The second-order valence-electron chi connectivity index (χ2n) is 6.30. The zero-order chi connectivity index (χ0) is 14.6. The molecular weight excluding hydrogens is 259 g/mol. The third-order valence-electron chi connectivity index (χ3n) is 4.74. The van der Waals surface area contributed by atoms with E-state index in [1.807, 2.05) is 27.7 Å². The lowest BCUT2D eigenvalue weighted by molar-refractivity contribution is -0.152. The molecule has 3 N–H and O–H groups in total. The number of aliphatic hydroxyl groups is 1. The van der Waals surface area contributed by atoms with E-state index in [2.05, 4.69) is 4.52 Å². The smallest absolute Gasteiger partial charge is 0.386 e. The van der Waals surface area contributed by atoms with Crippen LogP contribution in [0.15, 0.2) is 0 Å². The van der Waals surface area contributed by atoms with Crippen LogP contribution in [0.5, 0.6) is 0 Å². The van der Waals surface area contributed by atoms with Crippen molar-refractivity contribution in [1.82, 2.24) is 0 Å². The minimum Gasteiger partial charge on any atom is -0.386 e. The van der Waals surface area contributed by atoms with Gasteiger partial charge in [0, 0.05) is 5.41 Å². The molecule has 1 rings (SSSR count). The number of rotatable bonds is 3. The van der Waals surface area contributed by atoms with Gasteiger partial charge in [0.05, 0.1) is 12.2 Å². The van der Waals surface area contributed by atoms with Gasteiger partial charge < -0.3 is 19.6 Å². The lowest BCUT2D eigenvalue weighted by Gasteiger charge is -2.43. The first-order valence-electron chi connectivity index (χ1n) is 5.79. The summed E-state index contributed by atoms with van der Waals surface area (Å²) in [6, 6.07) is 0. The molecule has 1 aliphatic heterocycles. The molecule has 2 atom stereocenters. The summed E-state index contributed by atoms with van der Waals surface area (Å²) in [7, 11) is -4.59. The van der Waals surface area contributed by atoms with Gasteiger partial charge in [0.1, 0.15) is 11.2 Å². The van der Waals surface area contributed by atoms with Gasteiger partial charge in [-0.1, -0.05) is 13.8 Å². The van der Waals surface area contributed by atoms with Crippen LogP contribution >= 0.6 is 7.82 Å². The van der Waals surface area contributed by atoms with E-state index in [0.717, 1.165) is 0 Å². The van der Waals surface area contributed by atoms with Gasteiger partial charge in [-0.15, -0.1) is 0 Å². The fraction of sp³-hybridized carbons (Fsp3) is 1.00. The highest BCUT2D eigenvalue weighted by Crippen LogP contribution is 2.58. The van der Waals surface area contributed by atoms with Crippen LogP contribution in [0.3, 0.4) is 0 Å². The maximum Gasteiger partial charge on any atom is 0.469 e. The maximum atomic E-state index is 10.8. The molecule has 0 radical (unpaired) electrons. The molecule has 0 amide bonds. The molecule has 0 aromatic carbocycles. The summed E-state index contributed by atoms with van der Waals surface area (Å²) in [4.78, 5) is 17.5. The maximum absolute atomic E-state index is 10.8. The Labute approximate surface area is 108 Å². The first-order chi connectivity index (χ1) is 7.66. The van der Waals surface area contributed by atoms with Crippen molar-refractivity contribution in [2.75, 3.05) is 6.61 Å². The number of phosphoric acid groups is 1. The van der Waals surface area contributed by atoms with E-state index >= 15 is 0 Å². The normalized spacial score (nSPS) is 38.9. The standard InChI is InChI=1S/C11H23O6P/c1-8(2)9(3,4)17-10(5,11(8,6)12)7-16-18(13,14)15/h12H,7H2,1-6H3,(H2,13,14,15)/t10-,11-/m1/s1. The van der Waals surface area contributed by atoms with E-state index in [1.165, 1.54) is 0 Å². The third-order valence-corrected chi connectivity index (χ3v) is 5.21. The number of phosphoric ester groups is 1. The van der Waals surface area contributed by atoms with Crippen molar-refractivity contribution in [2.24, 2.45) is 5.41 Å². The van der Waals surface area contributed by atoms with Gasteiger partial charge in [0.15, 0.2) is 0 Å². The summed E-state index contributed by atoms with van der Waals surface area (Å²) in [5.41, 5.74) is -3.74. The van der Waals surface area contributed by atoms with Gasteiger partial charge in [-0.2, -0.15) is 0 Å². The minimum atomic E-state index is -4.59. The second kappa shape index (κ2) is 4.01. The predicted molar refractivity (Wildman–Crippen MR) is 66.0 cm³/mol. The Hall–Kier alpha value is 0.0300. The highest BCUT2D eigenvalue weighted by atomic mass is 31.2. The molecule has 1 aliphatic rings. The Morgan fingerprint density at radius 2 is 1.56 bits per heavy atom. The molecular formula is C11H23O6P. The van der Waals surface area contributed by atoms with E-state index in [4.69, 9.17) is 14.5 Å². The zero-order valence-electron chi connectivity index (χ0n) is 11.7. The minimum absolute atomic E-state index is 0.378. The van der Waals surface area contributed by atoms with Crippen molar-refractivity contribution in [3.05, 3.63) is 0 Å². The molecule has 6 nitrogen and oxygen atoms in total. The summed E-state index contributed by atoms with van der Waals surface area (Å²) >= 11 is 0. The molecule has 1 saturated heterocycles. The van der Waals surface area contributed by atoms with Crippen molar-refractivity contribution in [3.63, 3.8) is 0 Å². The molecule has 1 fully saturated rings. The SMILES string of the molecule is CC1(C)O[C@](C)(COP(=O)(O)O)[C@](C)(O)C1(C)C. The van der Waals surface area contributed by atoms with Crippen LogP contribution in [0.2, 0.25) is 0 Å². The third kappa shape index (κ3) is 2.26. The molecule has 0 spiro atoms. The lowest BCUT2D eigenvalue weighted by Crippen LogP contribution is -2.56. The average molecular weight is 282 g/mol. The fourth-order valence-electron chi connectivity index (χ4n) is 2.41. The van der Waals surface area contributed by atoms with Crippen LogP contribution in [0.1, 0.15) is 41.5 Å². The van der Waals surface area contributed by atoms with E-state index in [-0.39, 0.29) is 6.61 Å². The van der Waals surface area contributed by atoms with Gasteiger partial charge in [-0.3, -0.25) is 4.52 Å². The Balaban J connectivity index is 3.07. The van der Waals surface area contributed by atoms with Gasteiger partial charge in [-0.25, -0.2) is 4.57 Å². The van der Waals surface area contributed by atoms with Crippen molar-refractivity contribution < 1.29 is 28.7 Å². The van der Waals surface area contributed by atoms with Crippen molar-refractivity contribution in [3.8, 4) is 0 Å². The van der Waals surface area contributed by atoms with Gasteiger partial charge in [0.25, 0.3) is 0 Å².